The van der Waals surface area contributed by atoms with Crippen molar-refractivity contribution in [3.8, 4) is 11.1 Å². The highest BCUT2D eigenvalue weighted by Gasteiger charge is 2.37. The number of likely N-dealkylation sites (tertiary alicyclic amines) is 1. The van der Waals surface area contributed by atoms with E-state index in [0.717, 1.165) is 16.8 Å². The molecule has 1 aromatic heterocycles. The summed E-state index contributed by atoms with van der Waals surface area (Å²) in [5.74, 6) is 0.590. The van der Waals surface area contributed by atoms with Crippen molar-refractivity contribution in [2.24, 2.45) is 5.16 Å². The molecule has 1 N–H and O–H groups in total. The van der Waals surface area contributed by atoms with Crippen molar-refractivity contribution >= 4 is 11.6 Å². The number of carbonyl (C=O) groups is 1. The van der Waals surface area contributed by atoms with Crippen molar-refractivity contribution in [1.82, 2.24) is 15.0 Å². The summed E-state index contributed by atoms with van der Waals surface area (Å²) in [6.07, 6.45) is 0.730. The van der Waals surface area contributed by atoms with Gasteiger partial charge in [0.15, 0.2) is 5.82 Å². The van der Waals surface area contributed by atoms with E-state index in [1.165, 1.54) is 7.11 Å². The molecule has 0 radical (unpaired) electrons. The Morgan fingerprint density at radius 2 is 1.93 bits per heavy atom. The lowest BCUT2D eigenvalue weighted by molar-refractivity contribution is 0.0732. The first-order valence-electron chi connectivity index (χ1n) is 9.68. The molecule has 1 fully saturated rings. The van der Waals surface area contributed by atoms with Crippen LogP contribution in [0.3, 0.4) is 0 Å². The molecule has 0 spiro atoms. The summed E-state index contributed by atoms with van der Waals surface area (Å²) in [6.45, 7) is 0.237. The fourth-order valence-corrected chi connectivity index (χ4v) is 3.55. The van der Waals surface area contributed by atoms with Gasteiger partial charge in [-0.3, -0.25) is 4.79 Å². The second-order valence-corrected chi connectivity index (χ2v) is 6.96. The Kier molecular flexibility index (Phi) is 5.85. The van der Waals surface area contributed by atoms with Gasteiger partial charge in [-0.05, 0) is 23.3 Å². The molecule has 0 saturated carbocycles. The quantitative estimate of drug-likeness (QED) is 0.632. The van der Waals surface area contributed by atoms with Gasteiger partial charge in [-0.2, -0.15) is 4.98 Å². The minimum atomic E-state index is -0.406. The average molecular weight is 406 g/mol. The Balaban J connectivity index is 1.59. The van der Waals surface area contributed by atoms with E-state index in [0.29, 0.717) is 30.2 Å². The average Bonchev–Trinajstić information content (AvgIpc) is 3.42. The molecule has 1 saturated heterocycles. The number of aliphatic hydroxyl groups excluding tert-OH is 1. The van der Waals surface area contributed by atoms with E-state index in [2.05, 4.69) is 15.3 Å². The van der Waals surface area contributed by atoms with Crippen LogP contribution in [0.5, 0.6) is 0 Å². The van der Waals surface area contributed by atoms with Crippen LogP contribution in [0.1, 0.15) is 34.5 Å². The zero-order valence-corrected chi connectivity index (χ0v) is 16.6. The summed E-state index contributed by atoms with van der Waals surface area (Å²) in [7, 11) is 1.47. The molecule has 3 aromatic rings. The van der Waals surface area contributed by atoms with Gasteiger partial charge in [0.1, 0.15) is 13.2 Å². The van der Waals surface area contributed by atoms with Crippen molar-refractivity contribution in [3.05, 3.63) is 71.9 Å². The molecule has 1 aliphatic rings. The topological polar surface area (TPSA) is 101 Å². The maximum absolute atomic E-state index is 13.3. The number of amides is 1. The molecule has 1 aliphatic heterocycles. The van der Waals surface area contributed by atoms with Crippen LogP contribution in [0.25, 0.3) is 11.1 Å². The molecule has 2 aromatic carbocycles. The van der Waals surface area contributed by atoms with Crippen LogP contribution < -0.4 is 0 Å². The summed E-state index contributed by atoms with van der Waals surface area (Å²) in [6, 6.07) is 17.1. The van der Waals surface area contributed by atoms with E-state index in [4.69, 9.17) is 14.5 Å². The van der Waals surface area contributed by atoms with Gasteiger partial charge in [0.2, 0.25) is 5.89 Å². The number of nitrogens with zero attached hydrogens (tertiary/aromatic N) is 4. The third-order valence-corrected chi connectivity index (χ3v) is 4.99. The zero-order valence-electron chi connectivity index (χ0n) is 16.6. The van der Waals surface area contributed by atoms with Crippen LogP contribution >= 0.6 is 0 Å². The van der Waals surface area contributed by atoms with E-state index in [-0.39, 0.29) is 18.9 Å². The van der Waals surface area contributed by atoms with Crippen LogP contribution in [0, 0.1) is 0 Å². The number of oxime groups is 1. The Morgan fingerprint density at radius 1 is 1.20 bits per heavy atom. The first-order chi connectivity index (χ1) is 14.7. The second-order valence-electron chi connectivity index (χ2n) is 6.96. The van der Waals surface area contributed by atoms with Gasteiger partial charge in [-0.25, -0.2) is 0 Å². The van der Waals surface area contributed by atoms with E-state index < -0.39 is 6.04 Å². The zero-order chi connectivity index (χ0) is 20.9. The summed E-state index contributed by atoms with van der Waals surface area (Å²) in [5.41, 5.74) is 3.43. The molecule has 1 unspecified atom stereocenters. The summed E-state index contributed by atoms with van der Waals surface area (Å²) in [5, 5.41) is 17.1. The lowest BCUT2D eigenvalue weighted by atomic mass is 10.0. The molecule has 154 valence electrons. The van der Waals surface area contributed by atoms with Gasteiger partial charge in [0.25, 0.3) is 5.91 Å². The summed E-state index contributed by atoms with van der Waals surface area (Å²) >= 11 is 0. The molecule has 4 rings (SSSR count). The first kappa shape index (κ1) is 19.8. The fourth-order valence-electron chi connectivity index (χ4n) is 3.55. The minimum Gasteiger partial charge on any atom is -0.399 e. The van der Waals surface area contributed by atoms with Gasteiger partial charge in [-0.1, -0.05) is 52.8 Å². The van der Waals surface area contributed by atoms with Gasteiger partial charge in [0.05, 0.1) is 25.3 Å². The number of benzene rings is 2. The largest absolute Gasteiger partial charge is 0.399 e. The van der Waals surface area contributed by atoms with Crippen LogP contribution in [-0.4, -0.2) is 52.0 Å². The Morgan fingerprint density at radius 3 is 2.63 bits per heavy atom. The molecule has 8 nitrogen and oxygen atoms in total. The predicted octanol–water partition coefficient (Wildman–Crippen LogP) is 2.86. The molecule has 0 bridgehead atoms. The highest BCUT2D eigenvalue weighted by Crippen LogP contribution is 2.31. The fraction of sp³-hybridized carbons (Fsp3) is 0.273. The Bertz CT molecular complexity index is 1030. The lowest BCUT2D eigenvalue weighted by Gasteiger charge is -2.21. The summed E-state index contributed by atoms with van der Waals surface area (Å²) < 4.78 is 5.18. The molecule has 2 heterocycles. The van der Waals surface area contributed by atoms with Crippen LogP contribution in [0.15, 0.2) is 64.3 Å². The number of hydrogen-bond acceptors (Lipinski definition) is 7. The number of rotatable bonds is 6. The van der Waals surface area contributed by atoms with E-state index in [1.807, 2.05) is 54.6 Å². The maximum atomic E-state index is 13.3. The van der Waals surface area contributed by atoms with E-state index in [9.17, 15) is 4.79 Å². The Labute approximate surface area is 173 Å². The SMILES string of the molecule is CON=C1CC(c2noc(CCO)n2)N(C(=O)c2ccc(-c3ccccc3)cc2)C1. The van der Waals surface area contributed by atoms with Crippen molar-refractivity contribution in [1.29, 1.82) is 0 Å². The molecular weight excluding hydrogens is 384 g/mol. The van der Waals surface area contributed by atoms with Crippen molar-refractivity contribution in [2.45, 2.75) is 18.9 Å². The standard InChI is InChI=1S/C22H22N4O4/c1-29-24-18-13-19(21-23-20(11-12-27)30-25-21)26(14-18)22(28)17-9-7-16(8-10-17)15-5-3-2-4-6-15/h2-10,19,27H,11-14H2,1H3. The number of aromatic nitrogens is 2. The molecule has 1 atom stereocenters. The van der Waals surface area contributed by atoms with Crippen molar-refractivity contribution < 1.29 is 19.3 Å². The number of carbonyl (C=O) groups excluding carboxylic acids is 1. The van der Waals surface area contributed by atoms with Crippen molar-refractivity contribution in [2.75, 3.05) is 20.3 Å². The first-order valence-corrected chi connectivity index (χ1v) is 9.68. The van der Waals surface area contributed by atoms with Gasteiger partial charge >= 0.3 is 0 Å². The van der Waals surface area contributed by atoms with Crippen molar-refractivity contribution in [3.63, 3.8) is 0 Å². The third kappa shape index (κ3) is 4.08. The summed E-state index contributed by atoms with van der Waals surface area (Å²) in [4.78, 5) is 24.2. The van der Waals surface area contributed by atoms with Gasteiger partial charge in [0, 0.05) is 12.0 Å². The molecule has 0 aliphatic carbocycles. The smallest absolute Gasteiger partial charge is 0.254 e. The Hall–Kier alpha value is -3.52. The van der Waals surface area contributed by atoms with Crippen LogP contribution in [0.2, 0.25) is 0 Å². The normalized spacial score (nSPS) is 17.5. The monoisotopic (exact) mass is 406 g/mol. The van der Waals surface area contributed by atoms with Gasteiger partial charge < -0.3 is 19.4 Å². The minimum absolute atomic E-state index is 0.0842. The number of hydrogen-bond donors (Lipinski definition) is 1. The third-order valence-electron chi connectivity index (χ3n) is 4.99. The van der Waals surface area contributed by atoms with Gasteiger partial charge in [-0.15, -0.1) is 0 Å². The van der Waals surface area contributed by atoms with Crippen LogP contribution in [0.4, 0.5) is 0 Å². The van der Waals surface area contributed by atoms with Crippen LogP contribution in [-0.2, 0) is 11.3 Å². The molecule has 1 amide bonds. The highest BCUT2D eigenvalue weighted by atomic mass is 16.6. The molecular formula is C22H22N4O4. The number of aliphatic hydroxyl groups is 1. The molecule has 8 heteroatoms. The predicted molar refractivity (Wildman–Crippen MR) is 110 cm³/mol. The van der Waals surface area contributed by atoms with E-state index >= 15 is 0 Å². The second kappa shape index (κ2) is 8.87. The molecule has 30 heavy (non-hydrogen) atoms. The van der Waals surface area contributed by atoms with E-state index in [1.54, 1.807) is 4.90 Å². The highest BCUT2D eigenvalue weighted by molar-refractivity contribution is 6.00. The lowest BCUT2D eigenvalue weighted by Crippen LogP contribution is -2.31. The maximum Gasteiger partial charge on any atom is 0.254 e.